The van der Waals surface area contributed by atoms with Crippen molar-refractivity contribution in [1.29, 1.82) is 10.5 Å². The first-order valence-corrected chi connectivity index (χ1v) is 8.50. The molecule has 1 aromatic carbocycles. The number of fused-ring (bicyclic) bond motifs is 1. The highest BCUT2D eigenvalue weighted by Gasteiger charge is 2.29. The van der Waals surface area contributed by atoms with Gasteiger partial charge in [0.05, 0.1) is 12.2 Å². The fourth-order valence-corrected chi connectivity index (χ4v) is 3.19. The standard InChI is InChI=1S/C18H15N11/c19-5-12-14(21)13-15(26-18(24-7-20)28-17(13)27-16(12)22)11-3-1-2-10(4-11)6-29-9-23-8-25-29/h1-4,8-9,15H,6H2,(H6,21,22,24,26,27,28). The van der Waals surface area contributed by atoms with Gasteiger partial charge < -0.3 is 16.8 Å². The zero-order chi connectivity index (χ0) is 20.4. The highest BCUT2D eigenvalue weighted by molar-refractivity contribution is 5.98. The lowest BCUT2D eigenvalue weighted by Crippen LogP contribution is -2.32. The summed E-state index contributed by atoms with van der Waals surface area (Å²) in [6.45, 7) is 0.525. The van der Waals surface area contributed by atoms with Gasteiger partial charge in [0.25, 0.3) is 0 Å². The highest BCUT2D eigenvalue weighted by Crippen LogP contribution is 2.40. The molecule has 1 unspecified atom stereocenters. The van der Waals surface area contributed by atoms with Crippen LogP contribution in [0, 0.1) is 22.8 Å². The summed E-state index contributed by atoms with van der Waals surface area (Å²) in [6, 6.07) is 9.09. The van der Waals surface area contributed by atoms with Crippen molar-refractivity contribution < 1.29 is 0 Å². The van der Waals surface area contributed by atoms with E-state index in [2.05, 4.69) is 30.7 Å². The minimum Gasteiger partial charge on any atom is -0.397 e. The van der Waals surface area contributed by atoms with Crippen LogP contribution in [0.5, 0.6) is 0 Å². The third-order valence-corrected chi connectivity index (χ3v) is 4.44. The van der Waals surface area contributed by atoms with Crippen LogP contribution < -0.4 is 22.1 Å². The molecule has 0 spiro atoms. The Balaban J connectivity index is 1.83. The lowest BCUT2D eigenvalue weighted by atomic mass is 9.94. The van der Waals surface area contributed by atoms with Gasteiger partial charge in [0, 0.05) is 5.56 Å². The molecule has 0 amide bonds. The maximum Gasteiger partial charge on any atom is 0.211 e. The predicted molar refractivity (Wildman–Crippen MR) is 105 cm³/mol. The zero-order valence-electron chi connectivity index (χ0n) is 15.0. The summed E-state index contributed by atoms with van der Waals surface area (Å²) in [5.41, 5.74) is 14.7. The summed E-state index contributed by atoms with van der Waals surface area (Å²) in [4.78, 5) is 12.7. The molecule has 3 heterocycles. The molecule has 1 aliphatic heterocycles. The number of pyridine rings is 1. The van der Waals surface area contributed by atoms with Crippen LogP contribution in [0.3, 0.4) is 0 Å². The summed E-state index contributed by atoms with van der Waals surface area (Å²) in [6.07, 6.45) is 4.93. The first kappa shape index (κ1) is 17.8. The number of hydrogen-bond donors (Lipinski definition) is 4. The van der Waals surface area contributed by atoms with Gasteiger partial charge in [0.15, 0.2) is 6.19 Å². The molecule has 1 aliphatic rings. The van der Waals surface area contributed by atoms with Crippen LogP contribution in [0.4, 0.5) is 17.3 Å². The van der Waals surface area contributed by atoms with Crippen molar-refractivity contribution in [3.63, 3.8) is 0 Å². The number of nitriles is 2. The third kappa shape index (κ3) is 3.24. The van der Waals surface area contributed by atoms with Crippen molar-refractivity contribution in [1.82, 2.24) is 25.1 Å². The number of guanidine groups is 1. The number of nitrogens with two attached hydrogens (primary N) is 2. The Kier molecular flexibility index (Phi) is 4.39. The molecule has 0 saturated heterocycles. The quantitative estimate of drug-likeness (QED) is 0.373. The monoisotopic (exact) mass is 385 g/mol. The molecular weight excluding hydrogens is 370 g/mol. The Hall–Kier alpha value is -4.64. The number of benzene rings is 1. The molecule has 142 valence electrons. The molecule has 11 heteroatoms. The second kappa shape index (κ2) is 7.17. The Labute approximate surface area is 165 Å². The van der Waals surface area contributed by atoms with Gasteiger partial charge in [-0.3, -0.25) is 5.32 Å². The van der Waals surface area contributed by atoms with E-state index in [-0.39, 0.29) is 23.0 Å². The molecule has 0 saturated carbocycles. The molecule has 29 heavy (non-hydrogen) atoms. The Morgan fingerprint density at radius 1 is 1.28 bits per heavy atom. The van der Waals surface area contributed by atoms with Crippen LogP contribution in [-0.4, -0.2) is 25.7 Å². The van der Waals surface area contributed by atoms with Crippen LogP contribution in [0.1, 0.15) is 28.3 Å². The fraction of sp³-hybridized carbons (Fsp3) is 0.111. The number of nitrogens with zero attached hydrogens (tertiary/aromatic N) is 7. The molecule has 0 aliphatic carbocycles. The van der Waals surface area contributed by atoms with Gasteiger partial charge in [-0.15, -0.1) is 0 Å². The molecule has 4 rings (SSSR count). The number of nitrogens with one attached hydrogen (secondary N) is 2. The van der Waals surface area contributed by atoms with Gasteiger partial charge in [0.2, 0.25) is 5.96 Å². The number of nitrogen functional groups attached to an aromatic ring is 2. The van der Waals surface area contributed by atoms with E-state index in [9.17, 15) is 5.26 Å². The van der Waals surface area contributed by atoms with E-state index in [1.807, 2.05) is 36.5 Å². The summed E-state index contributed by atoms with van der Waals surface area (Å²) in [5, 5.41) is 27.9. The van der Waals surface area contributed by atoms with Crippen molar-refractivity contribution in [2.45, 2.75) is 12.6 Å². The summed E-state index contributed by atoms with van der Waals surface area (Å²) < 4.78 is 1.70. The molecule has 2 aromatic heterocycles. The van der Waals surface area contributed by atoms with Crippen molar-refractivity contribution in [2.75, 3.05) is 16.8 Å². The third-order valence-electron chi connectivity index (χ3n) is 4.44. The SMILES string of the molecule is N#CNC1=NC(c2cccc(Cn3cncn3)c2)c2c(nc(N)c(C#N)c2N)N1. The first-order valence-electron chi connectivity index (χ1n) is 8.50. The van der Waals surface area contributed by atoms with Gasteiger partial charge in [0.1, 0.15) is 42.0 Å². The normalized spacial score (nSPS) is 14.7. The van der Waals surface area contributed by atoms with E-state index in [4.69, 9.17) is 16.7 Å². The molecule has 3 aromatic rings. The highest BCUT2D eigenvalue weighted by atomic mass is 15.3. The number of anilines is 3. The predicted octanol–water partition coefficient (Wildman–Crippen LogP) is 0.699. The fourth-order valence-electron chi connectivity index (χ4n) is 3.19. The van der Waals surface area contributed by atoms with Crippen LogP contribution in [0.15, 0.2) is 41.9 Å². The molecular formula is C18H15N11. The summed E-state index contributed by atoms with van der Waals surface area (Å²) >= 11 is 0. The average Bonchev–Trinajstić information content (AvgIpc) is 3.21. The number of aromatic nitrogens is 4. The Morgan fingerprint density at radius 3 is 2.86 bits per heavy atom. The van der Waals surface area contributed by atoms with Crippen molar-refractivity contribution in [3.05, 3.63) is 59.2 Å². The number of rotatable bonds is 3. The van der Waals surface area contributed by atoms with Gasteiger partial charge in [-0.05, 0) is 11.1 Å². The lowest BCUT2D eigenvalue weighted by molar-refractivity contribution is 0.683. The smallest absolute Gasteiger partial charge is 0.211 e. The Bertz CT molecular complexity index is 1180. The van der Waals surface area contributed by atoms with E-state index in [0.29, 0.717) is 17.9 Å². The average molecular weight is 385 g/mol. The van der Waals surface area contributed by atoms with E-state index in [1.165, 1.54) is 6.33 Å². The minimum atomic E-state index is -0.585. The van der Waals surface area contributed by atoms with Gasteiger partial charge in [-0.2, -0.15) is 15.6 Å². The number of hydrogen-bond acceptors (Lipinski definition) is 10. The zero-order valence-corrected chi connectivity index (χ0v) is 15.0. The molecule has 0 radical (unpaired) electrons. The van der Waals surface area contributed by atoms with E-state index in [1.54, 1.807) is 11.0 Å². The summed E-state index contributed by atoms with van der Waals surface area (Å²) in [7, 11) is 0. The maximum absolute atomic E-state index is 9.40. The Morgan fingerprint density at radius 2 is 2.14 bits per heavy atom. The molecule has 0 bridgehead atoms. The van der Waals surface area contributed by atoms with Gasteiger partial charge >= 0.3 is 0 Å². The van der Waals surface area contributed by atoms with Gasteiger partial charge in [-0.1, -0.05) is 24.3 Å². The van der Waals surface area contributed by atoms with Crippen molar-refractivity contribution >= 4 is 23.3 Å². The first-order chi connectivity index (χ1) is 14.1. The summed E-state index contributed by atoms with van der Waals surface area (Å²) in [5.74, 6) is 0.564. The largest absolute Gasteiger partial charge is 0.397 e. The minimum absolute atomic E-state index is 0.00754. The molecule has 0 fully saturated rings. The van der Waals surface area contributed by atoms with Crippen LogP contribution in [-0.2, 0) is 6.54 Å². The van der Waals surface area contributed by atoms with Crippen LogP contribution in [0.2, 0.25) is 0 Å². The van der Waals surface area contributed by atoms with Crippen molar-refractivity contribution in [2.24, 2.45) is 4.99 Å². The van der Waals surface area contributed by atoms with E-state index < -0.39 is 6.04 Å². The van der Waals surface area contributed by atoms with Crippen LogP contribution >= 0.6 is 0 Å². The second-order valence-corrected chi connectivity index (χ2v) is 6.24. The van der Waals surface area contributed by atoms with Crippen LogP contribution in [0.25, 0.3) is 0 Å². The lowest BCUT2D eigenvalue weighted by Gasteiger charge is -2.26. The van der Waals surface area contributed by atoms with E-state index in [0.717, 1.165) is 11.1 Å². The van der Waals surface area contributed by atoms with Gasteiger partial charge in [-0.25, -0.2) is 19.6 Å². The number of aliphatic imine (C=N–C) groups is 1. The topological polar surface area (TPSA) is 180 Å². The molecule has 1 atom stereocenters. The maximum atomic E-state index is 9.40. The second-order valence-electron chi connectivity index (χ2n) is 6.24. The van der Waals surface area contributed by atoms with Crippen molar-refractivity contribution in [3.8, 4) is 12.3 Å². The van der Waals surface area contributed by atoms with E-state index >= 15 is 0 Å². The molecule has 11 nitrogen and oxygen atoms in total. The molecule has 6 N–H and O–H groups in total.